The Morgan fingerprint density at radius 2 is 2.00 bits per heavy atom. The van der Waals surface area contributed by atoms with Crippen LogP contribution in [0.25, 0.3) is 0 Å². The average Bonchev–Trinajstić information content (AvgIpc) is 3.16. The summed E-state index contributed by atoms with van der Waals surface area (Å²) in [4.78, 5) is 4.48. The van der Waals surface area contributed by atoms with E-state index in [9.17, 15) is 5.11 Å². The molecule has 0 saturated heterocycles. The van der Waals surface area contributed by atoms with Gasteiger partial charge in [0.05, 0.1) is 12.2 Å². The summed E-state index contributed by atoms with van der Waals surface area (Å²) in [6.07, 6.45) is 0.831. The number of rotatable bonds is 7. The normalized spacial score (nSPS) is 13.8. The van der Waals surface area contributed by atoms with Crippen LogP contribution in [0.15, 0.2) is 26.1 Å². The number of hydrogen-bond acceptors (Lipinski definition) is 5. The fourth-order valence-corrected chi connectivity index (χ4v) is 2.61. The van der Waals surface area contributed by atoms with Gasteiger partial charge in [0.2, 0.25) is 0 Å². The summed E-state index contributed by atoms with van der Waals surface area (Å²) < 4.78 is 10.8. The maximum atomic E-state index is 10.8. The second kappa shape index (κ2) is 9.96. The highest BCUT2D eigenvalue weighted by molar-refractivity contribution is 14.0. The molecule has 2 aromatic rings. The van der Waals surface area contributed by atoms with Gasteiger partial charge in [-0.3, -0.25) is 0 Å². The molecular formula is C18H29IN4O3. The minimum absolute atomic E-state index is 0. The van der Waals surface area contributed by atoms with Crippen LogP contribution in [0.2, 0.25) is 0 Å². The molecule has 1 atom stereocenters. The monoisotopic (exact) mass is 476 g/mol. The predicted molar refractivity (Wildman–Crippen MR) is 112 cm³/mol. The van der Waals surface area contributed by atoms with E-state index >= 15 is 0 Å². The zero-order valence-electron chi connectivity index (χ0n) is 16.0. The highest BCUT2D eigenvalue weighted by Gasteiger charge is 2.27. The lowest BCUT2D eigenvalue weighted by Crippen LogP contribution is -2.44. The van der Waals surface area contributed by atoms with E-state index in [0.717, 1.165) is 29.2 Å². The molecule has 0 aliphatic carbocycles. The lowest BCUT2D eigenvalue weighted by molar-refractivity contribution is 0.0601. The Morgan fingerprint density at radius 1 is 1.27 bits per heavy atom. The van der Waals surface area contributed by atoms with Gasteiger partial charge in [-0.1, -0.05) is 12.1 Å². The van der Waals surface area contributed by atoms with Crippen LogP contribution in [0.5, 0.6) is 0 Å². The third-order valence-electron chi connectivity index (χ3n) is 3.93. The molecule has 2 heterocycles. The smallest absolute Gasteiger partial charge is 0.191 e. The van der Waals surface area contributed by atoms with Crippen molar-refractivity contribution in [3.8, 4) is 0 Å². The lowest BCUT2D eigenvalue weighted by atomic mass is 9.96. The van der Waals surface area contributed by atoms with Gasteiger partial charge in [-0.25, -0.2) is 4.99 Å². The first kappa shape index (κ1) is 22.5. The molecule has 0 spiro atoms. The first-order chi connectivity index (χ1) is 11.9. The van der Waals surface area contributed by atoms with E-state index in [-0.39, 0.29) is 24.0 Å². The molecule has 0 bridgehead atoms. The van der Waals surface area contributed by atoms with E-state index < -0.39 is 5.60 Å². The van der Waals surface area contributed by atoms with Gasteiger partial charge < -0.3 is 24.7 Å². The number of aliphatic imine (C=N–C) groups is 1. The predicted octanol–water partition coefficient (Wildman–Crippen LogP) is 3.03. The summed E-state index contributed by atoms with van der Waals surface area (Å²) in [6, 6.07) is 3.77. The number of hydrogen-bond donors (Lipinski definition) is 3. The Kier molecular flexibility index (Phi) is 8.61. The summed E-state index contributed by atoms with van der Waals surface area (Å²) in [5, 5.41) is 21.1. The van der Waals surface area contributed by atoms with Crippen LogP contribution in [0.4, 0.5) is 0 Å². The quantitative estimate of drug-likeness (QED) is 0.323. The van der Waals surface area contributed by atoms with Crippen molar-refractivity contribution in [3.63, 3.8) is 0 Å². The Balaban J connectivity index is 0.00000338. The third kappa shape index (κ3) is 6.01. The average molecular weight is 476 g/mol. The molecule has 1 unspecified atom stereocenters. The van der Waals surface area contributed by atoms with Crippen molar-refractivity contribution in [2.75, 3.05) is 13.1 Å². The SMILES string of the molecule is CCNC(=NCc1cc(CC)no1)NCC(C)(O)c1cc(C)oc1C.I. The van der Waals surface area contributed by atoms with Crippen molar-refractivity contribution < 1.29 is 14.0 Å². The second-order valence-corrected chi connectivity index (χ2v) is 6.29. The number of furan rings is 1. The largest absolute Gasteiger partial charge is 0.466 e. The van der Waals surface area contributed by atoms with E-state index in [1.54, 1.807) is 6.92 Å². The van der Waals surface area contributed by atoms with Gasteiger partial charge in [0.25, 0.3) is 0 Å². The van der Waals surface area contributed by atoms with Crippen LogP contribution in [0, 0.1) is 13.8 Å². The number of halogens is 1. The standard InChI is InChI=1S/C18H28N4O3.HI/c1-6-14-9-15(25-22-14)10-20-17(19-7-2)21-11-18(5,23)16-8-12(3)24-13(16)4;/h8-9,23H,6-7,10-11H2,1-5H3,(H2,19,20,21);1H. The van der Waals surface area contributed by atoms with E-state index in [1.807, 2.05) is 39.8 Å². The third-order valence-corrected chi connectivity index (χ3v) is 3.93. The molecule has 3 N–H and O–H groups in total. The summed E-state index contributed by atoms with van der Waals surface area (Å²) in [5.74, 6) is 2.82. The van der Waals surface area contributed by atoms with E-state index in [1.165, 1.54) is 0 Å². The molecule has 0 aliphatic rings. The molecule has 8 heteroatoms. The van der Waals surface area contributed by atoms with Gasteiger partial charge in [-0.05, 0) is 40.2 Å². The van der Waals surface area contributed by atoms with Crippen LogP contribution in [0.3, 0.4) is 0 Å². The molecule has 0 aliphatic heterocycles. The number of aryl methyl sites for hydroxylation is 3. The van der Waals surface area contributed by atoms with E-state index in [4.69, 9.17) is 8.94 Å². The molecule has 0 saturated carbocycles. The first-order valence-corrected chi connectivity index (χ1v) is 8.62. The topological polar surface area (TPSA) is 95.8 Å². The number of nitrogens with zero attached hydrogens (tertiary/aromatic N) is 2. The first-order valence-electron chi connectivity index (χ1n) is 8.62. The van der Waals surface area contributed by atoms with Gasteiger partial charge in [0.1, 0.15) is 23.7 Å². The zero-order chi connectivity index (χ0) is 18.4. The van der Waals surface area contributed by atoms with Crippen molar-refractivity contribution >= 4 is 29.9 Å². The number of nitrogens with one attached hydrogen (secondary N) is 2. The highest BCUT2D eigenvalue weighted by atomic mass is 127. The summed E-state index contributed by atoms with van der Waals surface area (Å²) in [7, 11) is 0. The van der Waals surface area contributed by atoms with Crippen molar-refractivity contribution in [1.29, 1.82) is 0 Å². The van der Waals surface area contributed by atoms with Gasteiger partial charge in [-0.15, -0.1) is 24.0 Å². The summed E-state index contributed by atoms with van der Waals surface area (Å²) >= 11 is 0. The molecule has 26 heavy (non-hydrogen) atoms. The van der Waals surface area contributed by atoms with Crippen molar-refractivity contribution in [1.82, 2.24) is 15.8 Å². The second-order valence-electron chi connectivity index (χ2n) is 6.29. The summed E-state index contributed by atoms with van der Waals surface area (Å²) in [6.45, 7) is 10.9. The molecule has 0 fully saturated rings. The summed E-state index contributed by atoms with van der Waals surface area (Å²) in [5.41, 5.74) is 0.618. The maximum absolute atomic E-state index is 10.8. The van der Waals surface area contributed by atoms with Crippen molar-refractivity contribution in [2.24, 2.45) is 4.99 Å². The van der Waals surface area contributed by atoms with E-state index in [2.05, 4.69) is 20.8 Å². The molecule has 2 aromatic heterocycles. The molecule has 146 valence electrons. The maximum Gasteiger partial charge on any atom is 0.191 e. The molecule has 0 radical (unpaired) electrons. The minimum atomic E-state index is -1.07. The number of guanidine groups is 1. The van der Waals surface area contributed by atoms with Gasteiger partial charge in [-0.2, -0.15) is 0 Å². The zero-order valence-corrected chi connectivity index (χ0v) is 18.4. The lowest BCUT2D eigenvalue weighted by Gasteiger charge is -2.24. The molecule has 7 nitrogen and oxygen atoms in total. The Labute approximate surface area is 171 Å². The van der Waals surface area contributed by atoms with E-state index in [0.29, 0.717) is 31.4 Å². The van der Waals surface area contributed by atoms with Crippen molar-refractivity contribution in [3.05, 3.63) is 40.7 Å². The minimum Gasteiger partial charge on any atom is -0.466 e. The van der Waals surface area contributed by atoms with Crippen LogP contribution >= 0.6 is 24.0 Å². The highest BCUT2D eigenvalue weighted by Crippen LogP contribution is 2.26. The van der Waals surface area contributed by atoms with Gasteiger partial charge in [0, 0.05) is 18.2 Å². The van der Waals surface area contributed by atoms with Crippen LogP contribution in [0.1, 0.15) is 49.3 Å². The number of aliphatic hydroxyl groups is 1. The Morgan fingerprint density at radius 3 is 2.54 bits per heavy atom. The van der Waals surface area contributed by atoms with Gasteiger partial charge in [0.15, 0.2) is 11.7 Å². The fourth-order valence-electron chi connectivity index (χ4n) is 2.61. The number of aromatic nitrogens is 1. The van der Waals surface area contributed by atoms with Crippen LogP contribution < -0.4 is 10.6 Å². The molecule has 0 aromatic carbocycles. The fraction of sp³-hybridized carbons (Fsp3) is 0.556. The molecule has 0 amide bonds. The van der Waals surface area contributed by atoms with Gasteiger partial charge >= 0.3 is 0 Å². The van der Waals surface area contributed by atoms with Crippen LogP contribution in [-0.2, 0) is 18.6 Å². The van der Waals surface area contributed by atoms with Crippen molar-refractivity contribution in [2.45, 2.75) is 53.2 Å². The van der Waals surface area contributed by atoms with Crippen LogP contribution in [-0.4, -0.2) is 29.3 Å². The molecule has 2 rings (SSSR count). The Hall–Kier alpha value is -1.55. The Bertz CT molecular complexity index is 722. The molecular weight excluding hydrogens is 447 g/mol.